The third-order valence-corrected chi connectivity index (χ3v) is 14.0. The van der Waals surface area contributed by atoms with E-state index in [2.05, 4.69) is 69.6 Å². The van der Waals surface area contributed by atoms with Crippen LogP contribution in [0.5, 0.6) is 5.75 Å². The van der Waals surface area contributed by atoms with Gasteiger partial charge in [-0.1, -0.05) is 12.1 Å². The summed E-state index contributed by atoms with van der Waals surface area (Å²) in [5.41, 5.74) is 12.7. The molecule has 3 aliphatic heterocycles. The summed E-state index contributed by atoms with van der Waals surface area (Å²) in [6, 6.07) is 11.9. The molecule has 2 fully saturated rings. The number of piperidine rings is 2. The number of likely N-dealkylation sites (N-methyl/N-ethyl adjacent to an activating group) is 2. The molecule has 0 aliphatic carbocycles. The van der Waals surface area contributed by atoms with Crippen LogP contribution in [0.25, 0.3) is 0 Å². The predicted molar refractivity (Wildman–Crippen MR) is 233 cm³/mol. The summed E-state index contributed by atoms with van der Waals surface area (Å²) >= 11 is -0.0214. The van der Waals surface area contributed by atoms with Gasteiger partial charge in [0.25, 0.3) is 11.8 Å². The Kier molecular flexibility index (Phi) is 14.7. The molecule has 4 heterocycles. The molecular formula is C46H61IN9O4-. The van der Waals surface area contributed by atoms with Gasteiger partial charge in [-0.25, -0.2) is 0 Å². The predicted octanol–water partition coefficient (Wildman–Crippen LogP) is 2.83. The number of amides is 3. The number of aromatic hydroxyl groups is 1. The first kappa shape index (κ1) is 44.7. The number of hydrogen-bond donors (Lipinski definition) is 4. The number of likely N-dealkylation sites (tertiary alicyclic amines) is 2. The molecule has 2 aromatic carbocycles. The maximum absolute atomic E-state index is 13.4. The summed E-state index contributed by atoms with van der Waals surface area (Å²) in [7, 11) is 3.71. The van der Waals surface area contributed by atoms with Crippen LogP contribution in [-0.4, -0.2) is 119 Å². The Morgan fingerprint density at radius 2 is 1.85 bits per heavy atom. The van der Waals surface area contributed by atoms with Crippen molar-refractivity contribution >= 4 is 35.1 Å². The summed E-state index contributed by atoms with van der Waals surface area (Å²) < 4.78 is 1.04. The molecule has 0 spiro atoms. The van der Waals surface area contributed by atoms with Gasteiger partial charge >= 0.3 is 240 Å². The number of rotatable bonds is 18. The first-order valence-corrected chi connectivity index (χ1v) is 24.7. The number of unbranched alkanes of at least 4 members (excludes halogenated alkanes) is 3. The molecule has 322 valence electrons. The number of hydrogen-bond acceptors (Lipinski definition) is 11. The third kappa shape index (κ3) is 10.2. The fourth-order valence-corrected chi connectivity index (χ4v) is 10.0. The minimum absolute atomic E-state index is 0.0214. The molecule has 5 N–H and O–H groups in total. The van der Waals surface area contributed by atoms with Gasteiger partial charge in [0, 0.05) is 25.6 Å². The molecule has 2 atom stereocenters. The second-order valence-electron chi connectivity index (χ2n) is 16.8. The molecule has 1 aromatic heterocycles. The maximum atomic E-state index is 13.4. The average molecular weight is 931 g/mol. The summed E-state index contributed by atoms with van der Waals surface area (Å²) in [5.74, 6) is 0.313. The van der Waals surface area contributed by atoms with E-state index in [1.807, 2.05) is 12.1 Å². The number of benzene rings is 2. The number of nitrogens with one attached hydrogen (secondary N) is 2. The molecule has 6 rings (SSSR count). The topological polar surface area (TPSA) is 172 Å². The Balaban J connectivity index is 0.999. The number of phenolic OH excluding ortho intramolecular Hbond substituents is 1. The molecule has 13 nitrogen and oxygen atoms in total. The molecule has 2 saturated heterocycles. The fraction of sp³-hybridized carbons (Fsp3) is 0.478. The van der Waals surface area contributed by atoms with Crippen molar-refractivity contribution < 1.29 is 40.7 Å². The van der Waals surface area contributed by atoms with Crippen LogP contribution in [0.4, 0.5) is 11.6 Å². The van der Waals surface area contributed by atoms with Crippen molar-refractivity contribution in [2.75, 3.05) is 54.1 Å². The molecule has 3 aromatic rings. The van der Waals surface area contributed by atoms with Crippen LogP contribution in [0.2, 0.25) is 0 Å². The molecule has 3 amide bonds. The minimum atomic E-state index is -0.582. The van der Waals surface area contributed by atoms with Gasteiger partial charge in [-0.2, -0.15) is 0 Å². The van der Waals surface area contributed by atoms with E-state index in [4.69, 9.17) is 11.1 Å². The number of carbonyl (C=O) groups is 3. The van der Waals surface area contributed by atoms with Gasteiger partial charge in [0.2, 0.25) is 5.91 Å². The Bertz CT molecular complexity index is 2120. The molecule has 0 radical (unpaired) electrons. The number of alkyl halides is 2. The van der Waals surface area contributed by atoms with Gasteiger partial charge in [-0.3, -0.25) is 19.3 Å². The number of carbonyl (C=O) groups excluding carboxylic acids is 3. The number of imide groups is 1. The molecule has 60 heavy (non-hydrogen) atoms. The number of aromatic nitrogens is 2. The van der Waals surface area contributed by atoms with E-state index < -0.39 is 6.04 Å². The van der Waals surface area contributed by atoms with E-state index in [1.165, 1.54) is 29.4 Å². The summed E-state index contributed by atoms with van der Waals surface area (Å²) in [4.78, 5) is 57.0. The summed E-state index contributed by atoms with van der Waals surface area (Å²) in [5, 5.41) is 22.3. The standard InChI is InChI=1S/C46H61IN9O4/c1-30(55-24-12-15-34(27-55)52-43-40(42(49)50-29-51-43)41(48)32-17-19-35(57)20-18-32)33(26-47-4)25-46(2,3)53(5)23-10-8-7-9-13-31-14-11-16-36-37(31)28-56(44(36)59)38-21-22-39(58)54(6)45(38)60/h11,14,16-20,25,29,34,38,48,57H,1,7-10,12-13,15,21-24,26-28H2,2-6H3,(H3,49,50,51,52)/q-1. The molecule has 2 unspecified atom stereocenters. The van der Waals surface area contributed by atoms with Gasteiger partial charge in [0.05, 0.1) is 0 Å². The Morgan fingerprint density at radius 1 is 1.10 bits per heavy atom. The van der Waals surface area contributed by atoms with Crippen molar-refractivity contribution in [3.05, 3.63) is 101 Å². The number of halogens is 1. The Labute approximate surface area is 365 Å². The van der Waals surface area contributed by atoms with Crippen molar-refractivity contribution in [2.24, 2.45) is 0 Å². The zero-order valence-electron chi connectivity index (χ0n) is 35.8. The number of aryl methyl sites for hydroxylation is 1. The van der Waals surface area contributed by atoms with Crippen LogP contribution in [0, 0.1) is 5.41 Å². The van der Waals surface area contributed by atoms with E-state index in [0.29, 0.717) is 35.5 Å². The van der Waals surface area contributed by atoms with Gasteiger partial charge in [-0.05, 0) is 30.2 Å². The summed E-state index contributed by atoms with van der Waals surface area (Å²) in [6.07, 6.45) is 11.7. The van der Waals surface area contributed by atoms with E-state index >= 15 is 0 Å². The fourth-order valence-electron chi connectivity index (χ4n) is 8.54. The third-order valence-electron chi connectivity index (χ3n) is 12.4. The summed E-state index contributed by atoms with van der Waals surface area (Å²) in [6.45, 7) is 12.3. The van der Waals surface area contributed by atoms with Gasteiger partial charge in [0.15, 0.2) is 0 Å². The van der Waals surface area contributed by atoms with Gasteiger partial charge < -0.3 is 10.0 Å². The van der Waals surface area contributed by atoms with Crippen LogP contribution < -0.4 is 32.3 Å². The molecule has 0 bridgehead atoms. The zero-order chi connectivity index (χ0) is 43.1. The van der Waals surface area contributed by atoms with Gasteiger partial charge in [-0.15, -0.1) is 0 Å². The first-order chi connectivity index (χ1) is 28.7. The second kappa shape index (κ2) is 19.7. The number of anilines is 2. The monoisotopic (exact) mass is 930 g/mol. The number of nitrogens with zero attached hydrogens (tertiary/aromatic N) is 6. The zero-order valence-corrected chi connectivity index (χ0v) is 37.9. The van der Waals surface area contributed by atoms with Crippen LogP contribution in [0.3, 0.4) is 0 Å². The Hall–Kier alpha value is -4.83. The number of nitrogens with two attached hydrogens (primary N) is 1. The SMILES string of the molecule is C=C(C(=CC(C)(C)N(C)CCCCCCc1cccc2c1CN(C1CCC(=O)N(C)C1=O)C2=O)C[I-]C)N1CCCC(Nc2ncnc(N)c2C(=N)c2ccc(O)cc2)C1. The van der Waals surface area contributed by atoms with E-state index in [-0.39, 0.29) is 74.2 Å². The van der Waals surface area contributed by atoms with Gasteiger partial charge in [0.1, 0.15) is 11.8 Å². The number of allylic oxidation sites excluding steroid dienone is 1. The quantitative estimate of drug-likeness (QED) is 0.0372. The van der Waals surface area contributed by atoms with Crippen molar-refractivity contribution in [2.45, 2.75) is 95.8 Å². The number of fused-ring (bicyclic) bond motifs is 1. The molecule has 0 saturated carbocycles. The van der Waals surface area contributed by atoms with E-state index in [9.17, 15) is 19.5 Å². The molecular weight excluding hydrogens is 869 g/mol. The van der Waals surface area contributed by atoms with Crippen molar-refractivity contribution in [1.29, 1.82) is 5.41 Å². The number of nitrogen functional groups attached to an aromatic ring is 1. The van der Waals surface area contributed by atoms with Crippen LogP contribution >= 0.6 is 0 Å². The number of phenols is 1. The van der Waals surface area contributed by atoms with Crippen LogP contribution in [0.15, 0.2) is 72.7 Å². The Morgan fingerprint density at radius 3 is 2.60 bits per heavy atom. The molecule has 14 heteroatoms. The second-order valence-corrected chi connectivity index (χ2v) is 19.1. The van der Waals surface area contributed by atoms with Crippen molar-refractivity contribution in [3.8, 4) is 5.75 Å². The molecule has 3 aliphatic rings. The van der Waals surface area contributed by atoms with Crippen LogP contribution in [-0.2, 0) is 22.6 Å². The van der Waals surface area contributed by atoms with E-state index in [0.717, 1.165) is 80.3 Å². The van der Waals surface area contributed by atoms with Crippen molar-refractivity contribution in [1.82, 2.24) is 29.6 Å². The van der Waals surface area contributed by atoms with Crippen LogP contribution in [0.1, 0.15) is 97.8 Å². The normalized spacial score (nSPS) is 18.7. The average Bonchev–Trinajstić information content (AvgIpc) is 3.57. The van der Waals surface area contributed by atoms with E-state index in [1.54, 1.807) is 29.2 Å². The first-order valence-electron chi connectivity index (χ1n) is 21.0. The van der Waals surface area contributed by atoms with Crippen molar-refractivity contribution in [3.63, 3.8) is 0 Å².